The summed E-state index contributed by atoms with van der Waals surface area (Å²) in [5.74, 6) is 0.0430. The van der Waals surface area contributed by atoms with Gasteiger partial charge in [-0.05, 0) is 12.1 Å². The number of fused-ring (bicyclic) bond motifs is 1. The van der Waals surface area contributed by atoms with Gasteiger partial charge in [-0.2, -0.15) is 4.73 Å². The van der Waals surface area contributed by atoms with Gasteiger partial charge < -0.3 is 9.62 Å². The number of hydrogen-bond acceptors (Lipinski definition) is 4. The standard InChI is InChI=1S/C13H8N2O4/c16-14-8-7-10(9-3-1-2-4-11(9)14)12-5-6-13(19-12)15(17)18/h1-8H. The summed E-state index contributed by atoms with van der Waals surface area (Å²) in [5, 5.41) is 23.0. The number of benzene rings is 1. The second kappa shape index (κ2) is 4.09. The SMILES string of the molecule is O=[N+]([O-])c1ccc(-c2cc[n+]([O-])c3ccccc23)o1. The van der Waals surface area contributed by atoms with E-state index in [2.05, 4.69) is 0 Å². The molecule has 0 spiro atoms. The van der Waals surface area contributed by atoms with Crippen molar-refractivity contribution in [3.8, 4) is 11.3 Å². The van der Waals surface area contributed by atoms with Crippen LogP contribution in [0.3, 0.4) is 0 Å². The van der Waals surface area contributed by atoms with E-state index in [9.17, 15) is 15.3 Å². The topological polar surface area (TPSA) is 83.2 Å². The van der Waals surface area contributed by atoms with Gasteiger partial charge in [-0.25, -0.2) is 0 Å². The van der Waals surface area contributed by atoms with Crippen LogP contribution in [-0.4, -0.2) is 4.92 Å². The summed E-state index contributed by atoms with van der Waals surface area (Å²) in [6.45, 7) is 0. The van der Waals surface area contributed by atoms with Crippen LogP contribution in [0.15, 0.2) is 53.1 Å². The Morgan fingerprint density at radius 1 is 1.11 bits per heavy atom. The van der Waals surface area contributed by atoms with Gasteiger partial charge in [0, 0.05) is 17.7 Å². The van der Waals surface area contributed by atoms with Crippen LogP contribution in [-0.2, 0) is 0 Å². The van der Waals surface area contributed by atoms with Crippen LogP contribution < -0.4 is 4.73 Å². The Morgan fingerprint density at radius 2 is 1.89 bits per heavy atom. The van der Waals surface area contributed by atoms with Crippen LogP contribution in [0.2, 0.25) is 0 Å². The van der Waals surface area contributed by atoms with Crippen LogP contribution in [0.1, 0.15) is 0 Å². The molecular weight excluding hydrogens is 248 g/mol. The number of rotatable bonds is 2. The minimum Gasteiger partial charge on any atom is -0.618 e. The van der Waals surface area contributed by atoms with Gasteiger partial charge in [-0.15, -0.1) is 0 Å². The number of nitro groups is 1. The fraction of sp³-hybridized carbons (Fsp3) is 0. The first-order chi connectivity index (χ1) is 9.16. The summed E-state index contributed by atoms with van der Waals surface area (Å²) >= 11 is 0. The van der Waals surface area contributed by atoms with Crippen LogP contribution in [0.4, 0.5) is 5.88 Å². The van der Waals surface area contributed by atoms with Crippen LogP contribution in [0, 0.1) is 15.3 Å². The Bertz CT molecular complexity index is 779. The van der Waals surface area contributed by atoms with Gasteiger partial charge in [0.2, 0.25) is 5.52 Å². The van der Waals surface area contributed by atoms with Gasteiger partial charge >= 0.3 is 5.88 Å². The van der Waals surface area contributed by atoms with Crippen molar-refractivity contribution in [2.75, 3.05) is 0 Å². The molecular formula is C13H8N2O4. The fourth-order valence-corrected chi connectivity index (χ4v) is 1.99. The van der Waals surface area contributed by atoms with Crippen molar-refractivity contribution in [3.63, 3.8) is 0 Å². The minimum atomic E-state index is -0.595. The molecule has 0 aliphatic heterocycles. The van der Waals surface area contributed by atoms with E-state index in [4.69, 9.17) is 4.42 Å². The van der Waals surface area contributed by atoms with E-state index >= 15 is 0 Å². The molecule has 0 atom stereocenters. The van der Waals surface area contributed by atoms with E-state index in [0.717, 1.165) is 4.73 Å². The van der Waals surface area contributed by atoms with Crippen molar-refractivity contribution >= 4 is 16.8 Å². The molecule has 6 heteroatoms. The average molecular weight is 256 g/mol. The summed E-state index contributed by atoms with van der Waals surface area (Å²) in [5.41, 5.74) is 1.13. The molecule has 0 amide bonds. The lowest BCUT2D eigenvalue weighted by molar-refractivity contribution is -0.576. The van der Waals surface area contributed by atoms with E-state index in [1.165, 1.54) is 18.3 Å². The lowest BCUT2D eigenvalue weighted by atomic mass is 10.1. The Morgan fingerprint density at radius 3 is 2.63 bits per heavy atom. The second-order valence-corrected chi connectivity index (χ2v) is 3.97. The van der Waals surface area contributed by atoms with Gasteiger partial charge in [0.05, 0.1) is 11.5 Å². The molecule has 3 aromatic rings. The van der Waals surface area contributed by atoms with Crippen molar-refractivity contribution in [3.05, 3.63) is 64.0 Å². The summed E-state index contributed by atoms with van der Waals surface area (Å²) in [4.78, 5) is 10.0. The molecule has 0 fully saturated rings. The maximum absolute atomic E-state index is 11.7. The smallest absolute Gasteiger partial charge is 0.433 e. The fourth-order valence-electron chi connectivity index (χ4n) is 1.99. The Hall–Kier alpha value is -2.89. The number of furan rings is 1. The first-order valence-corrected chi connectivity index (χ1v) is 5.52. The average Bonchev–Trinajstić information content (AvgIpc) is 2.89. The van der Waals surface area contributed by atoms with Gasteiger partial charge in [0.25, 0.3) is 0 Å². The van der Waals surface area contributed by atoms with E-state index in [1.807, 2.05) is 0 Å². The Balaban J connectivity index is 2.24. The monoisotopic (exact) mass is 256 g/mol. The molecule has 0 radical (unpaired) electrons. The molecule has 0 unspecified atom stereocenters. The minimum absolute atomic E-state index is 0.321. The highest BCUT2D eigenvalue weighted by Crippen LogP contribution is 2.30. The number of aromatic nitrogens is 1. The van der Waals surface area contributed by atoms with Crippen molar-refractivity contribution in [1.29, 1.82) is 0 Å². The normalized spacial score (nSPS) is 10.7. The molecule has 0 N–H and O–H groups in total. The molecule has 3 rings (SSSR count). The third-order valence-corrected chi connectivity index (χ3v) is 2.85. The molecule has 0 bridgehead atoms. The first-order valence-electron chi connectivity index (χ1n) is 5.52. The van der Waals surface area contributed by atoms with Crippen molar-refractivity contribution in [2.24, 2.45) is 0 Å². The van der Waals surface area contributed by atoms with Crippen LogP contribution in [0.5, 0.6) is 0 Å². The number of hydrogen-bond donors (Lipinski definition) is 0. The number of para-hydroxylation sites is 1. The molecule has 2 aromatic heterocycles. The summed E-state index contributed by atoms with van der Waals surface area (Å²) < 4.78 is 5.91. The highest BCUT2D eigenvalue weighted by Gasteiger charge is 2.17. The molecule has 0 aliphatic carbocycles. The third-order valence-electron chi connectivity index (χ3n) is 2.85. The molecule has 94 valence electrons. The molecule has 1 aromatic carbocycles. The first kappa shape index (κ1) is 11.2. The maximum Gasteiger partial charge on any atom is 0.433 e. The van der Waals surface area contributed by atoms with Crippen molar-refractivity contribution in [2.45, 2.75) is 0 Å². The van der Waals surface area contributed by atoms with E-state index in [0.29, 0.717) is 22.2 Å². The highest BCUT2D eigenvalue weighted by molar-refractivity contribution is 5.91. The molecule has 6 nitrogen and oxygen atoms in total. The van der Waals surface area contributed by atoms with Gasteiger partial charge in [-0.3, -0.25) is 10.1 Å². The predicted molar refractivity (Wildman–Crippen MR) is 67.3 cm³/mol. The van der Waals surface area contributed by atoms with E-state index in [-0.39, 0.29) is 5.88 Å². The summed E-state index contributed by atoms with van der Waals surface area (Å²) in [6, 6.07) is 11.4. The predicted octanol–water partition coefficient (Wildman–Crippen LogP) is 2.64. The zero-order valence-electron chi connectivity index (χ0n) is 9.65. The third kappa shape index (κ3) is 1.79. The quantitative estimate of drug-likeness (QED) is 0.305. The molecule has 2 heterocycles. The maximum atomic E-state index is 11.7. The zero-order valence-corrected chi connectivity index (χ0v) is 9.65. The Kier molecular flexibility index (Phi) is 2.42. The highest BCUT2D eigenvalue weighted by atomic mass is 16.6. The Labute approximate surface area is 107 Å². The summed E-state index contributed by atoms with van der Waals surface area (Å²) in [6.07, 6.45) is 1.35. The zero-order chi connectivity index (χ0) is 13.4. The van der Waals surface area contributed by atoms with E-state index < -0.39 is 4.92 Å². The lowest BCUT2D eigenvalue weighted by Gasteiger charge is -2.04. The molecule has 0 aliphatic rings. The van der Waals surface area contributed by atoms with Crippen molar-refractivity contribution in [1.82, 2.24) is 0 Å². The number of nitrogens with zero attached hydrogens (tertiary/aromatic N) is 2. The summed E-state index contributed by atoms with van der Waals surface area (Å²) in [7, 11) is 0. The molecule has 19 heavy (non-hydrogen) atoms. The lowest BCUT2D eigenvalue weighted by Crippen LogP contribution is -2.25. The largest absolute Gasteiger partial charge is 0.618 e. The van der Waals surface area contributed by atoms with Crippen molar-refractivity contribution < 1.29 is 14.1 Å². The number of pyridine rings is 1. The second-order valence-electron chi connectivity index (χ2n) is 3.97. The van der Waals surface area contributed by atoms with Gasteiger partial charge in [0.1, 0.15) is 10.7 Å². The van der Waals surface area contributed by atoms with E-state index in [1.54, 1.807) is 30.3 Å². The van der Waals surface area contributed by atoms with Crippen LogP contribution in [0.25, 0.3) is 22.2 Å². The molecule has 0 saturated carbocycles. The molecule has 0 saturated heterocycles. The van der Waals surface area contributed by atoms with Crippen LogP contribution >= 0.6 is 0 Å². The van der Waals surface area contributed by atoms with Gasteiger partial charge in [-0.1, -0.05) is 12.1 Å². The van der Waals surface area contributed by atoms with Gasteiger partial charge in [0.15, 0.2) is 6.20 Å².